The normalized spacial score (nSPS) is 21.8. The molecule has 1 fully saturated rings. The van der Waals surface area contributed by atoms with Crippen LogP contribution in [0.15, 0.2) is 18.2 Å². The molecule has 0 bridgehead atoms. The Morgan fingerprint density at radius 3 is 2.55 bits per heavy atom. The molecular weight excluding hydrogens is 280 g/mol. The zero-order valence-corrected chi connectivity index (χ0v) is 12.7. The number of hydrogen-bond acceptors (Lipinski definition) is 3. The average molecular weight is 300 g/mol. The Bertz CT molecular complexity index is 645. The topological polar surface area (TPSA) is 80.5 Å². The number of benzene rings is 1. The van der Waals surface area contributed by atoms with E-state index in [-0.39, 0.29) is 35.9 Å². The van der Waals surface area contributed by atoms with Crippen molar-refractivity contribution >= 4 is 17.6 Å². The molecule has 116 valence electrons. The lowest BCUT2D eigenvalue weighted by atomic mass is 9.92. The molecule has 1 atom stereocenters. The average Bonchev–Trinajstić information content (AvgIpc) is 2.85. The minimum atomic E-state index is -0.367. The molecule has 1 aromatic carbocycles. The van der Waals surface area contributed by atoms with Gasteiger partial charge in [0.1, 0.15) is 0 Å². The van der Waals surface area contributed by atoms with Gasteiger partial charge < -0.3 is 10.6 Å². The minimum absolute atomic E-state index is 0.00400. The third-order valence-electron chi connectivity index (χ3n) is 4.87. The molecule has 1 saturated heterocycles. The van der Waals surface area contributed by atoms with Crippen molar-refractivity contribution in [2.45, 2.75) is 32.1 Å². The van der Waals surface area contributed by atoms with E-state index in [4.69, 9.17) is 5.73 Å². The van der Waals surface area contributed by atoms with E-state index in [2.05, 4.69) is 0 Å². The minimum Gasteiger partial charge on any atom is -0.369 e. The van der Waals surface area contributed by atoms with Gasteiger partial charge >= 0.3 is 0 Å². The van der Waals surface area contributed by atoms with Gasteiger partial charge in [0.05, 0.1) is 5.92 Å². The summed E-state index contributed by atoms with van der Waals surface area (Å²) in [6, 6.07) is 5.60. The number of Topliss-reactive ketones (excluding diaryl/α,β-unsaturated/α-hetero) is 1. The van der Waals surface area contributed by atoms with E-state index in [1.54, 1.807) is 11.0 Å². The van der Waals surface area contributed by atoms with E-state index in [0.29, 0.717) is 31.5 Å². The number of likely N-dealkylation sites (tertiary alicyclic amines) is 1. The Morgan fingerprint density at radius 2 is 1.91 bits per heavy atom. The van der Waals surface area contributed by atoms with E-state index < -0.39 is 0 Å². The predicted molar refractivity (Wildman–Crippen MR) is 81.4 cm³/mol. The first-order chi connectivity index (χ1) is 10.5. The predicted octanol–water partition coefficient (Wildman–Crippen LogP) is 1.39. The molecule has 1 aliphatic heterocycles. The van der Waals surface area contributed by atoms with Gasteiger partial charge in [-0.1, -0.05) is 18.2 Å². The summed E-state index contributed by atoms with van der Waals surface area (Å²) in [7, 11) is 0. The standard InChI is InChI=1S/C17H20N2O3/c1-10-3-2-4-12-14(20)9-13(15(10)12)17(22)19-7-5-11(6-8-19)16(18)21/h2-4,11,13H,5-9H2,1H3,(H2,18,21). The fourth-order valence-corrected chi connectivity index (χ4v) is 3.60. The second-order valence-corrected chi connectivity index (χ2v) is 6.22. The van der Waals surface area contributed by atoms with Crippen molar-refractivity contribution in [3.05, 3.63) is 34.9 Å². The molecule has 5 heteroatoms. The first-order valence-electron chi connectivity index (χ1n) is 7.70. The molecule has 0 aromatic heterocycles. The molecule has 1 heterocycles. The molecule has 0 radical (unpaired) electrons. The van der Waals surface area contributed by atoms with E-state index in [1.807, 2.05) is 19.1 Å². The van der Waals surface area contributed by atoms with Crippen LogP contribution in [-0.4, -0.2) is 35.6 Å². The van der Waals surface area contributed by atoms with Gasteiger partial charge in [0.15, 0.2) is 5.78 Å². The van der Waals surface area contributed by atoms with Gasteiger partial charge in [-0.05, 0) is 30.9 Å². The van der Waals surface area contributed by atoms with Gasteiger partial charge in [-0.2, -0.15) is 0 Å². The van der Waals surface area contributed by atoms with Crippen LogP contribution in [0.5, 0.6) is 0 Å². The lowest BCUT2D eigenvalue weighted by molar-refractivity contribution is -0.136. The Kier molecular flexibility index (Phi) is 3.72. The molecule has 1 unspecified atom stereocenters. The summed E-state index contributed by atoms with van der Waals surface area (Å²) in [6.07, 6.45) is 1.49. The number of carbonyl (C=O) groups is 3. The number of nitrogens with two attached hydrogens (primary N) is 1. The fraction of sp³-hybridized carbons (Fsp3) is 0.471. The molecular formula is C17H20N2O3. The summed E-state index contributed by atoms with van der Waals surface area (Å²) >= 11 is 0. The summed E-state index contributed by atoms with van der Waals surface area (Å²) in [6.45, 7) is 3.02. The number of ketones is 1. The third-order valence-corrected chi connectivity index (χ3v) is 4.87. The fourth-order valence-electron chi connectivity index (χ4n) is 3.60. The second kappa shape index (κ2) is 5.55. The molecule has 0 spiro atoms. The first kappa shape index (κ1) is 14.8. The van der Waals surface area contributed by atoms with E-state index >= 15 is 0 Å². The molecule has 5 nitrogen and oxygen atoms in total. The van der Waals surface area contributed by atoms with Gasteiger partial charge in [-0.25, -0.2) is 0 Å². The number of piperidine rings is 1. The Morgan fingerprint density at radius 1 is 1.23 bits per heavy atom. The van der Waals surface area contributed by atoms with Crippen LogP contribution in [0, 0.1) is 12.8 Å². The number of amides is 2. The van der Waals surface area contributed by atoms with Crippen LogP contribution in [0.1, 0.15) is 46.7 Å². The SMILES string of the molecule is Cc1cccc2c1C(C(=O)N1CCC(C(N)=O)CC1)CC2=O. The Balaban J connectivity index is 1.78. The van der Waals surface area contributed by atoms with Gasteiger partial charge in [0.25, 0.3) is 0 Å². The van der Waals surface area contributed by atoms with Crippen molar-refractivity contribution in [2.24, 2.45) is 11.7 Å². The number of hydrogen-bond donors (Lipinski definition) is 1. The van der Waals surface area contributed by atoms with Crippen LogP contribution in [0.25, 0.3) is 0 Å². The van der Waals surface area contributed by atoms with Gasteiger partial charge in [-0.3, -0.25) is 14.4 Å². The molecule has 2 amide bonds. The van der Waals surface area contributed by atoms with E-state index in [0.717, 1.165) is 11.1 Å². The summed E-state index contributed by atoms with van der Waals surface area (Å²) in [5.74, 6) is -0.741. The number of rotatable bonds is 2. The highest BCUT2D eigenvalue weighted by molar-refractivity contribution is 6.07. The first-order valence-corrected chi connectivity index (χ1v) is 7.70. The number of carbonyl (C=O) groups excluding carboxylic acids is 3. The highest BCUT2D eigenvalue weighted by Gasteiger charge is 2.38. The molecule has 0 saturated carbocycles. The third kappa shape index (κ3) is 2.40. The largest absolute Gasteiger partial charge is 0.369 e. The Labute approximate surface area is 129 Å². The van der Waals surface area contributed by atoms with Crippen molar-refractivity contribution in [2.75, 3.05) is 13.1 Å². The zero-order valence-electron chi connectivity index (χ0n) is 12.7. The number of fused-ring (bicyclic) bond motifs is 1. The lowest BCUT2D eigenvalue weighted by Gasteiger charge is -2.32. The van der Waals surface area contributed by atoms with Gasteiger partial charge in [0.2, 0.25) is 11.8 Å². The maximum absolute atomic E-state index is 12.8. The van der Waals surface area contributed by atoms with Crippen molar-refractivity contribution in [1.82, 2.24) is 4.90 Å². The van der Waals surface area contributed by atoms with Crippen LogP contribution in [0.4, 0.5) is 0 Å². The molecule has 1 aliphatic carbocycles. The van der Waals surface area contributed by atoms with Gasteiger partial charge in [0, 0.05) is 31.0 Å². The highest BCUT2D eigenvalue weighted by Crippen LogP contribution is 2.37. The molecule has 3 rings (SSSR count). The lowest BCUT2D eigenvalue weighted by Crippen LogP contribution is -2.43. The quantitative estimate of drug-likeness (QED) is 0.896. The van der Waals surface area contributed by atoms with Crippen LogP contribution in [0.2, 0.25) is 0 Å². The monoisotopic (exact) mass is 300 g/mol. The summed E-state index contributed by atoms with van der Waals surface area (Å²) < 4.78 is 0. The molecule has 2 N–H and O–H groups in total. The van der Waals surface area contributed by atoms with Crippen LogP contribution in [0.3, 0.4) is 0 Å². The number of nitrogens with zero attached hydrogens (tertiary/aromatic N) is 1. The molecule has 22 heavy (non-hydrogen) atoms. The molecule has 1 aromatic rings. The smallest absolute Gasteiger partial charge is 0.230 e. The number of aryl methyl sites for hydroxylation is 1. The molecule has 2 aliphatic rings. The zero-order chi connectivity index (χ0) is 15.9. The van der Waals surface area contributed by atoms with E-state index in [1.165, 1.54) is 0 Å². The van der Waals surface area contributed by atoms with Crippen molar-refractivity contribution in [1.29, 1.82) is 0 Å². The maximum atomic E-state index is 12.8. The van der Waals surface area contributed by atoms with Crippen LogP contribution < -0.4 is 5.73 Å². The van der Waals surface area contributed by atoms with Crippen molar-refractivity contribution in [3.63, 3.8) is 0 Å². The summed E-state index contributed by atoms with van der Waals surface area (Å²) in [5, 5.41) is 0. The van der Waals surface area contributed by atoms with Crippen molar-refractivity contribution < 1.29 is 14.4 Å². The van der Waals surface area contributed by atoms with Crippen molar-refractivity contribution in [3.8, 4) is 0 Å². The second-order valence-electron chi connectivity index (χ2n) is 6.22. The maximum Gasteiger partial charge on any atom is 0.230 e. The van der Waals surface area contributed by atoms with E-state index in [9.17, 15) is 14.4 Å². The summed E-state index contributed by atoms with van der Waals surface area (Å²) in [5.41, 5.74) is 7.89. The highest BCUT2D eigenvalue weighted by atomic mass is 16.2. The van der Waals surface area contributed by atoms with Crippen LogP contribution in [-0.2, 0) is 9.59 Å². The number of primary amides is 1. The Hall–Kier alpha value is -2.17. The summed E-state index contributed by atoms with van der Waals surface area (Å²) in [4.78, 5) is 37.9. The van der Waals surface area contributed by atoms with Gasteiger partial charge in [-0.15, -0.1) is 0 Å². The van der Waals surface area contributed by atoms with Crippen LogP contribution >= 0.6 is 0 Å².